The number of imidazole rings is 1. The summed E-state index contributed by atoms with van der Waals surface area (Å²) >= 11 is 0. The Labute approximate surface area is 218 Å². The molecule has 0 aliphatic carbocycles. The van der Waals surface area contributed by atoms with Gasteiger partial charge in [0.15, 0.2) is 23.2 Å². The monoisotopic (exact) mass is 510 g/mol. The van der Waals surface area contributed by atoms with Crippen molar-refractivity contribution in [3.8, 4) is 0 Å². The van der Waals surface area contributed by atoms with E-state index in [9.17, 15) is 4.79 Å². The molecule has 3 aromatic rings. The number of ether oxygens (including phenoxy) is 3. The van der Waals surface area contributed by atoms with E-state index in [4.69, 9.17) is 14.2 Å². The van der Waals surface area contributed by atoms with Crippen molar-refractivity contribution in [1.29, 1.82) is 0 Å². The van der Waals surface area contributed by atoms with Crippen molar-refractivity contribution in [3.05, 3.63) is 48.5 Å². The van der Waals surface area contributed by atoms with Crippen LogP contribution in [0.4, 0.5) is 5.82 Å². The van der Waals surface area contributed by atoms with Gasteiger partial charge in [-0.2, -0.15) is 0 Å². The third-order valence-electron chi connectivity index (χ3n) is 6.99. The van der Waals surface area contributed by atoms with Gasteiger partial charge in [0.1, 0.15) is 18.7 Å². The molecule has 5 unspecified atom stereocenters. The fourth-order valence-corrected chi connectivity index (χ4v) is 5.25. The van der Waals surface area contributed by atoms with Crippen LogP contribution in [0.1, 0.15) is 58.1 Å². The summed E-state index contributed by atoms with van der Waals surface area (Å²) in [7, 11) is 1.68. The fraction of sp³-hybridized carbons (Fsp3) is 0.556. The molecule has 1 aliphatic rings. The number of rotatable bonds is 10. The molecule has 10 heteroatoms. The minimum atomic E-state index is -0.451. The molecule has 2 aromatic heterocycles. The Morgan fingerprint density at radius 1 is 1.11 bits per heavy atom. The van der Waals surface area contributed by atoms with Crippen LogP contribution in [-0.2, 0) is 14.2 Å². The first-order chi connectivity index (χ1) is 17.7. The Morgan fingerprint density at radius 2 is 1.81 bits per heavy atom. The minimum absolute atomic E-state index is 0.0477. The number of hydrogen-bond acceptors (Lipinski definition) is 8. The van der Waals surface area contributed by atoms with Crippen LogP contribution < -0.4 is 5.32 Å². The van der Waals surface area contributed by atoms with E-state index in [2.05, 4.69) is 66.7 Å². The average molecular weight is 511 g/mol. The second-order valence-electron chi connectivity index (χ2n) is 10.1. The number of benzene rings is 1. The molecule has 0 radical (unpaired) electrons. The lowest BCUT2D eigenvalue weighted by Gasteiger charge is -2.36. The number of anilines is 1. The highest BCUT2D eigenvalue weighted by Crippen LogP contribution is 2.37. The Morgan fingerprint density at radius 3 is 2.46 bits per heavy atom. The Bertz CT molecular complexity index is 1180. The van der Waals surface area contributed by atoms with E-state index in [1.54, 1.807) is 25.6 Å². The number of carbonyl (C=O) groups is 1. The topological polar surface area (TPSA) is 104 Å². The highest BCUT2D eigenvalue weighted by Gasteiger charge is 2.44. The Balaban J connectivity index is 1.52. The number of nitrogens with one attached hydrogen (secondary N) is 1. The molecular weight excluding hydrogens is 472 g/mol. The quantitative estimate of drug-likeness (QED) is 0.407. The lowest BCUT2D eigenvalue weighted by atomic mass is 10.0. The van der Waals surface area contributed by atoms with E-state index in [1.165, 1.54) is 6.33 Å². The standard InChI is InChI=1S/C27H38N6O4/c1-16(2)33(17(3)4)19(6)36-13-21-18(5)23(35-7)27(37-21)32-15-30-22-24(28-14-29-25(22)32)31-26(34)20-11-9-8-10-12-20/h8-12,14-19,21,23,27H,13H2,1-7H3,(H,28,29,31,34). The highest BCUT2D eigenvalue weighted by molar-refractivity contribution is 6.06. The van der Waals surface area contributed by atoms with E-state index in [1.807, 2.05) is 22.8 Å². The molecule has 1 N–H and O–H groups in total. The van der Waals surface area contributed by atoms with Gasteiger partial charge in [0.05, 0.1) is 19.0 Å². The smallest absolute Gasteiger partial charge is 0.256 e. The van der Waals surface area contributed by atoms with Crippen molar-refractivity contribution in [2.75, 3.05) is 19.0 Å². The lowest BCUT2D eigenvalue weighted by Crippen LogP contribution is -2.46. The van der Waals surface area contributed by atoms with Gasteiger partial charge in [-0.3, -0.25) is 14.3 Å². The first-order valence-corrected chi connectivity index (χ1v) is 12.8. The molecule has 10 nitrogen and oxygen atoms in total. The highest BCUT2D eigenvalue weighted by atomic mass is 16.6. The molecule has 1 fully saturated rings. The Kier molecular flexibility index (Phi) is 8.53. The maximum atomic E-state index is 12.7. The van der Waals surface area contributed by atoms with Crippen molar-refractivity contribution in [2.24, 2.45) is 5.92 Å². The van der Waals surface area contributed by atoms with E-state index in [0.29, 0.717) is 41.2 Å². The second kappa shape index (κ2) is 11.6. The zero-order valence-electron chi connectivity index (χ0n) is 22.7. The summed E-state index contributed by atoms with van der Waals surface area (Å²) in [6, 6.07) is 9.70. The van der Waals surface area contributed by atoms with Gasteiger partial charge in [0.25, 0.3) is 5.91 Å². The van der Waals surface area contributed by atoms with Gasteiger partial charge in [0.2, 0.25) is 0 Å². The summed E-state index contributed by atoms with van der Waals surface area (Å²) < 4.78 is 20.5. The second-order valence-corrected chi connectivity index (χ2v) is 10.1. The molecule has 1 saturated heterocycles. The van der Waals surface area contributed by atoms with Gasteiger partial charge in [-0.05, 0) is 46.8 Å². The van der Waals surface area contributed by atoms with Crippen molar-refractivity contribution in [2.45, 2.75) is 78.3 Å². The third kappa shape index (κ3) is 5.67. The molecule has 1 aliphatic heterocycles. The molecule has 5 atom stereocenters. The van der Waals surface area contributed by atoms with Crippen LogP contribution in [0.3, 0.4) is 0 Å². The summed E-state index contributed by atoms with van der Waals surface area (Å²) in [5, 5.41) is 2.85. The van der Waals surface area contributed by atoms with Gasteiger partial charge in [-0.1, -0.05) is 25.1 Å². The first kappa shape index (κ1) is 27.1. The molecule has 37 heavy (non-hydrogen) atoms. The summed E-state index contributed by atoms with van der Waals surface area (Å²) in [6.45, 7) is 13.3. The van der Waals surface area contributed by atoms with Crippen LogP contribution >= 0.6 is 0 Å². The molecule has 3 heterocycles. The van der Waals surface area contributed by atoms with E-state index in [0.717, 1.165) is 0 Å². The maximum Gasteiger partial charge on any atom is 0.256 e. The number of methoxy groups -OCH3 is 1. The number of fused-ring (bicyclic) bond motifs is 1. The molecule has 0 bridgehead atoms. The van der Waals surface area contributed by atoms with E-state index >= 15 is 0 Å². The first-order valence-electron chi connectivity index (χ1n) is 12.8. The molecule has 1 amide bonds. The molecule has 4 rings (SSSR count). The van der Waals surface area contributed by atoms with Gasteiger partial charge in [-0.25, -0.2) is 15.0 Å². The van der Waals surface area contributed by atoms with Crippen LogP contribution in [-0.4, -0.2) is 74.6 Å². The number of amides is 1. The third-order valence-corrected chi connectivity index (χ3v) is 6.99. The molecule has 1 aromatic carbocycles. The summed E-state index contributed by atoms with van der Waals surface area (Å²) in [6.07, 6.45) is 2.17. The van der Waals surface area contributed by atoms with Crippen LogP contribution in [0.2, 0.25) is 0 Å². The van der Waals surface area contributed by atoms with Crippen LogP contribution in [0.15, 0.2) is 43.0 Å². The van der Waals surface area contributed by atoms with Gasteiger partial charge in [-0.15, -0.1) is 0 Å². The van der Waals surface area contributed by atoms with Crippen LogP contribution in [0, 0.1) is 5.92 Å². The maximum absolute atomic E-state index is 12.7. The van der Waals surface area contributed by atoms with E-state index < -0.39 is 6.23 Å². The van der Waals surface area contributed by atoms with E-state index in [-0.39, 0.29) is 30.3 Å². The molecule has 0 spiro atoms. The predicted molar refractivity (Wildman–Crippen MR) is 141 cm³/mol. The van der Waals surface area contributed by atoms with Gasteiger partial charge < -0.3 is 19.5 Å². The average Bonchev–Trinajstić information content (AvgIpc) is 3.43. The molecule has 0 saturated carbocycles. The Hall–Kier alpha value is -2.92. The normalized spacial score (nSPS) is 22.9. The van der Waals surface area contributed by atoms with Crippen LogP contribution in [0.5, 0.6) is 0 Å². The SMILES string of the molecule is COC1C(C)C(COC(C)N(C(C)C)C(C)C)OC1n1cnc2c(NC(=O)c3ccccc3)ncnc21. The number of hydrogen-bond donors (Lipinski definition) is 1. The minimum Gasteiger partial charge on any atom is -0.376 e. The van der Waals surface area contributed by atoms with Gasteiger partial charge >= 0.3 is 0 Å². The predicted octanol–water partition coefficient (Wildman–Crippen LogP) is 4.11. The van der Waals surface area contributed by atoms with Crippen molar-refractivity contribution >= 4 is 22.9 Å². The largest absolute Gasteiger partial charge is 0.376 e. The van der Waals surface area contributed by atoms with Gasteiger partial charge in [0, 0.05) is 30.7 Å². The number of nitrogens with zero attached hydrogens (tertiary/aromatic N) is 5. The van der Waals surface area contributed by atoms with Crippen molar-refractivity contribution < 1.29 is 19.0 Å². The number of aromatic nitrogens is 4. The fourth-order valence-electron chi connectivity index (χ4n) is 5.25. The summed E-state index contributed by atoms with van der Waals surface area (Å²) in [4.78, 5) is 28.2. The van der Waals surface area contributed by atoms with Crippen molar-refractivity contribution in [1.82, 2.24) is 24.4 Å². The molecular formula is C27H38N6O4. The summed E-state index contributed by atoms with van der Waals surface area (Å²) in [5.41, 5.74) is 1.57. The lowest BCUT2D eigenvalue weighted by molar-refractivity contribution is -0.121. The number of carbonyl (C=O) groups excluding carboxylic acids is 1. The zero-order valence-corrected chi connectivity index (χ0v) is 22.7. The van der Waals surface area contributed by atoms with Crippen LogP contribution in [0.25, 0.3) is 11.2 Å². The van der Waals surface area contributed by atoms with Crippen molar-refractivity contribution in [3.63, 3.8) is 0 Å². The summed E-state index contributed by atoms with van der Waals surface area (Å²) in [5.74, 6) is 0.151. The molecule has 200 valence electrons. The zero-order chi connectivity index (χ0) is 26.7.